The second kappa shape index (κ2) is 5.13. The summed E-state index contributed by atoms with van der Waals surface area (Å²) >= 11 is 0. The highest BCUT2D eigenvalue weighted by Crippen LogP contribution is 2.33. The van der Waals surface area contributed by atoms with E-state index < -0.39 is 0 Å². The molecule has 0 aromatic rings. The first-order valence-electron chi connectivity index (χ1n) is 6.28. The largest absolute Gasteiger partial charge is 0.317 e. The molecule has 1 saturated heterocycles. The highest BCUT2D eigenvalue weighted by atomic mass is 15.1. The molecule has 82 valence electrons. The van der Waals surface area contributed by atoms with Crippen molar-refractivity contribution in [2.75, 3.05) is 26.7 Å². The number of piperidine rings is 1. The lowest BCUT2D eigenvalue weighted by molar-refractivity contribution is 0.198. The van der Waals surface area contributed by atoms with Gasteiger partial charge in [0, 0.05) is 6.04 Å². The van der Waals surface area contributed by atoms with Crippen LogP contribution in [0.1, 0.15) is 38.5 Å². The lowest BCUT2D eigenvalue weighted by Gasteiger charge is -2.31. The molecule has 1 aliphatic carbocycles. The maximum Gasteiger partial charge on any atom is 0.00884 e. The van der Waals surface area contributed by atoms with Crippen LogP contribution in [0.25, 0.3) is 0 Å². The van der Waals surface area contributed by atoms with Crippen molar-refractivity contribution in [2.45, 2.75) is 44.6 Å². The molecular weight excluding hydrogens is 172 g/mol. The summed E-state index contributed by atoms with van der Waals surface area (Å²) in [6.45, 7) is 3.99. The third-order valence-corrected chi connectivity index (χ3v) is 3.78. The average Bonchev–Trinajstić information content (AvgIpc) is 3.03. The van der Waals surface area contributed by atoms with E-state index in [9.17, 15) is 0 Å². The van der Waals surface area contributed by atoms with E-state index >= 15 is 0 Å². The Morgan fingerprint density at radius 3 is 2.43 bits per heavy atom. The fraction of sp³-hybridized carbons (Fsp3) is 1.00. The first-order valence-corrected chi connectivity index (χ1v) is 6.28. The molecule has 2 aliphatic rings. The van der Waals surface area contributed by atoms with Crippen LogP contribution in [0.4, 0.5) is 0 Å². The van der Waals surface area contributed by atoms with Crippen molar-refractivity contribution in [1.82, 2.24) is 10.2 Å². The highest BCUT2D eigenvalue weighted by Gasteiger charge is 2.21. The van der Waals surface area contributed by atoms with E-state index in [-0.39, 0.29) is 0 Å². The Morgan fingerprint density at radius 1 is 1.14 bits per heavy atom. The molecule has 0 aromatic heterocycles. The lowest BCUT2D eigenvalue weighted by atomic mass is 10.0. The van der Waals surface area contributed by atoms with Crippen LogP contribution < -0.4 is 5.32 Å². The van der Waals surface area contributed by atoms with E-state index in [1.807, 2.05) is 0 Å². The van der Waals surface area contributed by atoms with Crippen molar-refractivity contribution in [1.29, 1.82) is 0 Å². The molecule has 2 fully saturated rings. The summed E-state index contributed by atoms with van der Waals surface area (Å²) in [6, 6.07) is 0.787. The van der Waals surface area contributed by atoms with Crippen LogP contribution in [0.15, 0.2) is 0 Å². The molecule has 0 unspecified atom stereocenters. The zero-order chi connectivity index (χ0) is 9.80. The highest BCUT2D eigenvalue weighted by molar-refractivity contribution is 4.77. The SMILES string of the molecule is CNC1CCN(CCCC2CC2)CC1. The Labute approximate surface area is 88.1 Å². The van der Waals surface area contributed by atoms with Gasteiger partial charge in [-0.05, 0) is 58.3 Å². The van der Waals surface area contributed by atoms with Gasteiger partial charge in [-0.25, -0.2) is 0 Å². The van der Waals surface area contributed by atoms with Gasteiger partial charge in [0.05, 0.1) is 0 Å². The van der Waals surface area contributed by atoms with Crippen molar-refractivity contribution in [3.8, 4) is 0 Å². The molecule has 1 N–H and O–H groups in total. The van der Waals surface area contributed by atoms with Gasteiger partial charge in [-0.1, -0.05) is 12.8 Å². The van der Waals surface area contributed by atoms with Gasteiger partial charge in [-0.3, -0.25) is 0 Å². The number of hydrogen-bond acceptors (Lipinski definition) is 2. The molecule has 2 rings (SSSR count). The van der Waals surface area contributed by atoms with Crippen LogP contribution in [-0.4, -0.2) is 37.6 Å². The molecule has 0 spiro atoms. The Bertz CT molecular complexity index is 158. The summed E-state index contributed by atoms with van der Waals surface area (Å²) in [7, 11) is 2.09. The maximum absolute atomic E-state index is 3.38. The second-order valence-electron chi connectivity index (χ2n) is 4.99. The van der Waals surface area contributed by atoms with E-state index in [1.54, 1.807) is 0 Å². The van der Waals surface area contributed by atoms with Crippen molar-refractivity contribution in [3.05, 3.63) is 0 Å². The molecule has 1 saturated carbocycles. The van der Waals surface area contributed by atoms with Crippen LogP contribution >= 0.6 is 0 Å². The van der Waals surface area contributed by atoms with Crippen molar-refractivity contribution in [3.63, 3.8) is 0 Å². The number of likely N-dealkylation sites (tertiary alicyclic amines) is 1. The van der Waals surface area contributed by atoms with Gasteiger partial charge in [0.25, 0.3) is 0 Å². The zero-order valence-electron chi connectivity index (χ0n) is 9.47. The van der Waals surface area contributed by atoms with E-state index in [0.717, 1.165) is 12.0 Å². The van der Waals surface area contributed by atoms with Gasteiger partial charge in [0.1, 0.15) is 0 Å². The minimum Gasteiger partial charge on any atom is -0.317 e. The smallest absolute Gasteiger partial charge is 0.00884 e. The third-order valence-electron chi connectivity index (χ3n) is 3.78. The van der Waals surface area contributed by atoms with Crippen LogP contribution in [0.5, 0.6) is 0 Å². The molecule has 2 nitrogen and oxygen atoms in total. The number of nitrogens with zero attached hydrogens (tertiary/aromatic N) is 1. The third kappa shape index (κ3) is 3.25. The summed E-state index contributed by atoms with van der Waals surface area (Å²) in [5.74, 6) is 1.12. The minimum atomic E-state index is 0.787. The number of hydrogen-bond donors (Lipinski definition) is 1. The Morgan fingerprint density at radius 2 is 1.86 bits per heavy atom. The molecule has 0 amide bonds. The first-order chi connectivity index (χ1) is 6.88. The molecule has 1 heterocycles. The standard InChI is InChI=1S/C12H24N2/c1-13-12-6-9-14(10-7-12)8-2-3-11-4-5-11/h11-13H,2-10H2,1H3. The Kier molecular flexibility index (Phi) is 3.82. The van der Waals surface area contributed by atoms with Gasteiger partial charge in [-0.2, -0.15) is 0 Å². The summed E-state index contributed by atoms with van der Waals surface area (Å²) < 4.78 is 0. The summed E-state index contributed by atoms with van der Waals surface area (Å²) in [5, 5.41) is 3.38. The van der Waals surface area contributed by atoms with E-state index in [1.165, 1.54) is 58.2 Å². The van der Waals surface area contributed by atoms with Crippen molar-refractivity contribution in [2.24, 2.45) is 5.92 Å². The van der Waals surface area contributed by atoms with Crippen molar-refractivity contribution < 1.29 is 0 Å². The predicted octanol–water partition coefficient (Wildman–Crippen LogP) is 1.86. The normalized spacial score (nSPS) is 25.5. The molecule has 0 radical (unpaired) electrons. The van der Waals surface area contributed by atoms with Crippen LogP contribution in [0.3, 0.4) is 0 Å². The average molecular weight is 196 g/mol. The summed E-state index contributed by atoms with van der Waals surface area (Å²) in [6.07, 6.45) is 8.66. The van der Waals surface area contributed by atoms with Gasteiger partial charge in [-0.15, -0.1) is 0 Å². The van der Waals surface area contributed by atoms with Crippen molar-refractivity contribution >= 4 is 0 Å². The quantitative estimate of drug-likeness (QED) is 0.722. The van der Waals surface area contributed by atoms with Crippen LogP contribution in [-0.2, 0) is 0 Å². The monoisotopic (exact) mass is 196 g/mol. The fourth-order valence-electron chi connectivity index (χ4n) is 2.46. The Balaban J connectivity index is 1.53. The topological polar surface area (TPSA) is 15.3 Å². The molecular formula is C12H24N2. The summed E-state index contributed by atoms with van der Waals surface area (Å²) in [4.78, 5) is 2.65. The molecule has 0 aromatic carbocycles. The van der Waals surface area contributed by atoms with E-state index in [2.05, 4.69) is 17.3 Å². The number of rotatable bonds is 5. The van der Waals surface area contributed by atoms with Gasteiger partial charge < -0.3 is 10.2 Å². The van der Waals surface area contributed by atoms with Gasteiger partial charge >= 0.3 is 0 Å². The van der Waals surface area contributed by atoms with E-state index in [4.69, 9.17) is 0 Å². The Hall–Kier alpha value is -0.0800. The molecule has 1 aliphatic heterocycles. The fourth-order valence-corrected chi connectivity index (χ4v) is 2.46. The predicted molar refractivity (Wildman–Crippen MR) is 60.5 cm³/mol. The summed E-state index contributed by atoms with van der Waals surface area (Å²) in [5.41, 5.74) is 0. The molecule has 0 atom stereocenters. The first kappa shape index (κ1) is 10.4. The molecule has 2 heteroatoms. The zero-order valence-corrected chi connectivity index (χ0v) is 9.47. The van der Waals surface area contributed by atoms with Crippen LogP contribution in [0, 0.1) is 5.92 Å². The van der Waals surface area contributed by atoms with Crippen LogP contribution in [0.2, 0.25) is 0 Å². The van der Waals surface area contributed by atoms with Gasteiger partial charge in [0.2, 0.25) is 0 Å². The molecule has 0 bridgehead atoms. The number of nitrogens with one attached hydrogen (secondary N) is 1. The van der Waals surface area contributed by atoms with Gasteiger partial charge in [0.15, 0.2) is 0 Å². The second-order valence-corrected chi connectivity index (χ2v) is 4.99. The van der Waals surface area contributed by atoms with E-state index in [0.29, 0.717) is 0 Å². The minimum absolute atomic E-state index is 0.787. The molecule has 14 heavy (non-hydrogen) atoms. The lowest BCUT2D eigenvalue weighted by Crippen LogP contribution is -2.41. The maximum atomic E-state index is 3.38.